The molecule has 0 bridgehead atoms. The second-order valence-corrected chi connectivity index (χ2v) is 11.3. The van der Waals surface area contributed by atoms with Gasteiger partial charge in [0.1, 0.15) is 6.33 Å². The first kappa shape index (κ1) is 27.2. The zero-order valence-electron chi connectivity index (χ0n) is 22.3. The van der Waals surface area contributed by atoms with E-state index < -0.39 is 17.2 Å². The number of alkyl halides is 3. The maximum atomic E-state index is 14.4. The summed E-state index contributed by atoms with van der Waals surface area (Å²) in [6.07, 6.45) is 3.24. The summed E-state index contributed by atoms with van der Waals surface area (Å²) in [7, 11) is 1.66. The number of pyridine rings is 1. The number of imidazole rings is 1. The molecule has 4 aliphatic rings. The molecule has 40 heavy (non-hydrogen) atoms. The van der Waals surface area contributed by atoms with Gasteiger partial charge in [0.2, 0.25) is 5.91 Å². The average molecular weight is 563 g/mol. The van der Waals surface area contributed by atoms with Crippen LogP contribution in [0.15, 0.2) is 31.0 Å². The second kappa shape index (κ2) is 10.4. The molecule has 2 saturated heterocycles. The van der Waals surface area contributed by atoms with Crippen molar-refractivity contribution in [2.24, 2.45) is 11.3 Å². The van der Waals surface area contributed by atoms with Gasteiger partial charge in [-0.25, -0.2) is 9.78 Å². The van der Waals surface area contributed by atoms with E-state index in [4.69, 9.17) is 9.47 Å². The van der Waals surface area contributed by atoms with Gasteiger partial charge in [0.15, 0.2) is 0 Å². The molecule has 2 amide bonds. The molecule has 5 heterocycles. The third-order valence-corrected chi connectivity index (χ3v) is 9.01. The zero-order valence-corrected chi connectivity index (χ0v) is 22.3. The van der Waals surface area contributed by atoms with E-state index in [9.17, 15) is 22.8 Å². The van der Waals surface area contributed by atoms with Crippen LogP contribution >= 0.6 is 0 Å². The molecular weight excluding hydrogens is 529 g/mol. The number of aromatic nitrogens is 3. The lowest BCUT2D eigenvalue weighted by Crippen LogP contribution is -2.52. The van der Waals surface area contributed by atoms with E-state index in [1.54, 1.807) is 23.1 Å². The van der Waals surface area contributed by atoms with Crippen molar-refractivity contribution in [2.75, 3.05) is 40.0 Å². The van der Waals surface area contributed by atoms with Gasteiger partial charge in [-0.1, -0.05) is 0 Å². The molecule has 216 valence electrons. The first-order chi connectivity index (χ1) is 19.2. The zero-order chi connectivity index (χ0) is 28.1. The van der Waals surface area contributed by atoms with Crippen LogP contribution in [0, 0.1) is 11.3 Å². The van der Waals surface area contributed by atoms with Crippen molar-refractivity contribution >= 4 is 11.9 Å². The highest BCUT2D eigenvalue weighted by Gasteiger charge is 2.60. The highest BCUT2D eigenvalue weighted by molar-refractivity contribution is 5.87. The van der Waals surface area contributed by atoms with Gasteiger partial charge in [-0.2, -0.15) is 13.2 Å². The Balaban J connectivity index is 1.25. The van der Waals surface area contributed by atoms with Gasteiger partial charge < -0.3 is 24.6 Å². The molecule has 1 aliphatic carbocycles. The summed E-state index contributed by atoms with van der Waals surface area (Å²) in [6.45, 7) is 2.25. The molecule has 2 aromatic rings. The maximum Gasteiger partial charge on any atom is 0.417 e. The van der Waals surface area contributed by atoms with E-state index in [0.29, 0.717) is 56.8 Å². The summed E-state index contributed by atoms with van der Waals surface area (Å²) in [5.74, 6) is -0.201. The Labute approximate surface area is 229 Å². The molecule has 6 rings (SSSR count). The van der Waals surface area contributed by atoms with Crippen LogP contribution in [0.2, 0.25) is 0 Å². The Morgan fingerprint density at radius 1 is 1.27 bits per heavy atom. The van der Waals surface area contributed by atoms with E-state index in [0.717, 1.165) is 18.7 Å². The summed E-state index contributed by atoms with van der Waals surface area (Å²) in [5, 5.41) is 3.71. The van der Waals surface area contributed by atoms with Crippen LogP contribution in [0.4, 0.5) is 18.0 Å². The van der Waals surface area contributed by atoms with Crippen molar-refractivity contribution in [2.45, 2.75) is 56.6 Å². The normalized spacial score (nSPS) is 30.3. The topological polar surface area (TPSA) is 102 Å². The van der Waals surface area contributed by atoms with Crippen LogP contribution in [0.1, 0.15) is 36.1 Å². The number of likely N-dealkylation sites (tertiary alicyclic amines) is 1. The fourth-order valence-electron chi connectivity index (χ4n) is 7.02. The van der Waals surface area contributed by atoms with Crippen LogP contribution in [-0.2, 0) is 33.4 Å². The first-order valence-corrected chi connectivity index (χ1v) is 13.7. The molecule has 3 fully saturated rings. The van der Waals surface area contributed by atoms with Crippen LogP contribution in [-0.4, -0.2) is 94.4 Å². The van der Waals surface area contributed by atoms with Crippen molar-refractivity contribution in [3.8, 4) is 0 Å². The van der Waals surface area contributed by atoms with Crippen molar-refractivity contribution in [1.82, 2.24) is 29.7 Å². The van der Waals surface area contributed by atoms with Crippen molar-refractivity contribution in [3.05, 3.63) is 47.8 Å². The molecule has 1 saturated carbocycles. The van der Waals surface area contributed by atoms with Crippen LogP contribution < -0.4 is 5.32 Å². The third-order valence-electron chi connectivity index (χ3n) is 9.01. The monoisotopic (exact) mass is 562 g/mol. The molecule has 0 spiro atoms. The number of ether oxygens (including phenoxy) is 2. The molecule has 5 atom stereocenters. The smallest absolute Gasteiger partial charge is 0.379 e. The minimum atomic E-state index is -4.51. The van der Waals surface area contributed by atoms with Gasteiger partial charge >= 0.3 is 12.2 Å². The molecule has 0 aromatic carbocycles. The van der Waals surface area contributed by atoms with Gasteiger partial charge in [-0.15, -0.1) is 0 Å². The highest BCUT2D eigenvalue weighted by Crippen LogP contribution is 2.51. The van der Waals surface area contributed by atoms with Gasteiger partial charge in [0.25, 0.3) is 0 Å². The summed E-state index contributed by atoms with van der Waals surface area (Å²) >= 11 is 0. The Kier molecular flexibility index (Phi) is 7.07. The number of carbonyl (C=O) groups is 2. The Morgan fingerprint density at radius 3 is 2.88 bits per heavy atom. The largest absolute Gasteiger partial charge is 0.417 e. The number of halogens is 3. The van der Waals surface area contributed by atoms with E-state index in [1.807, 2.05) is 0 Å². The summed E-state index contributed by atoms with van der Waals surface area (Å²) in [5.41, 5.74) is -0.646. The second-order valence-electron chi connectivity index (χ2n) is 11.3. The van der Waals surface area contributed by atoms with E-state index in [1.165, 1.54) is 17.1 Å². The molecule has 0 radical (unpaired) electrons. The number of hydrogen-bond donors (Lipinski definition) is 1. The Bertz CT molecular complexity index is 1260. The van der Waals surface area contributed by atoms with Crippen LogP contribution in [0.5, 0.6) is 0 Å². The average Bonchev–Trinajstić information content (AvgIpc) is 3.67. The number of nitrogens with one attached hydrogen (secondary N) is 1. The Morgan fingerprint density at radius 2 is 2.12 bits per heavy atom. The fourth-order valence-corrected chi connectivity index (χ4v) is 7.02. The quantitative estimate of drug-likeness (QED) is 0.611. The summed E-state index contributed by atoms with van der Waals surface area (Å²) in [6, 6.07) is 0.994. The highest BCUT2D eigenvalue weighted by atomic mass is 19.4. The summed E-state index contributed by atoms with van der Waals surface area (Å²) in [4.78, 5) is 39.0. The number of hydrogen-bond acceptors (Lipinski definition) is 7. The molecular formula is C27H33F3N6O4. The molecule has 2 aromatic heterocycles. The van der Waals surface area contributed by atoms with Crippen LogP contribution in [0.25, 0.3) is 0 Å². The lowest BCUT2D eigenvalue weighted by molar-refractivity contribution is -0.143. The van der Waals surface area contributed by atoms with Gasteiger partial charge in [0.05, 0.1) is 23.7 Å². The molecule has 10 nitrogen and oxygen atoms in total. The van der Waals surface area contributed by atoms with Crippen molar-refractivity contribution in [1.29, 1.82) is 0 Å². The predicted octanol–water partition coefficient (Wildman–Crippen LogP) is 2.32. The molecule has 0 unspecified atom stereocenters. The van der Waals surface area contributed by atoms with Gasteiger partial charge in [0, 0.05) is 82.7 Å². The van der Waals surface area contributed by atoms with Gasteiger partial charge in [-0.05, 0) is 36.8 Å². The third kappa shape index (κ3) is 4.88. The number of amides is 2. The van der Waals surface area contributed by atoms with Crippen LogP contribution in [0.3, 0.4) is 0 Å². The molecule has 1 N–H and O–H groups in total. The Hall–Kier alpha value is -3.03. The number of rotatable bonds is 4. The molecule has 13 heteroatoms. The first-order valence-electron chi connectivity index (χ1n) is 13.7. The van der Waals surface area contributed by atoms with E-state index >= 15 is 0 Å². The lowest BCUT2D eigenvalue weighted by atomic mass is 9.78. The predicted molar refractivity (Wildman–Crippen MR) is 135 cm³/mol. The standard InChI is InChI=1S/C27H33F3N6O4/c1-39-23-14-40-7-3-22(23)33-20-9-19-13-36(25(38)35-6-4-31-16-35)15-26(19,10-20)24(37)34-5-2-21-17(12-34)8-18(11-32-21)27(28,29)30/h4,6,8,11,16,19-20,22-23,33H,2-3,5,7,9-10,12-15H2,1H3/t19-,20+,22-,23+,26-/m0/s1. The minimum absolute atomic E-state index is 0.0378. The minimum Gasteiger partial charge on any atom is -0.379 e. The lowest BCUT2D eigenvalue weighted by Gasteiger charge is -2.37. The maximum absolute atomic E-state index is 14.4. The summed E-state index contributed by atoms with van der Waals surface area (Å²) < 4.78 is 52.7. The van der Waals surface area contributed by atoms with Gasteiger partial charge in [-0.3, -0.25) is 14.3 Å². The number of fused-ring (bicyclic) bond motifs is 2. The van der Waals surface area contributed by atoms with Crippen molar-refractivity contribution < 1.29 is 32.2 Å². The van der Waals surface area contributed by atoms with E-state index in [2.05, 4.69) is 15.3 Å². The SMILES string of the molecule is CO[C@@H]1COCC[C@@H]1N[C@@H]1C[C@H]2CN(C(=O)n3ccnc3)C[C@@]2(C(=O)N2CCc3ncc(C(F)(F)F)cc3C2)C1. The van der Waals surface area contributed by atoms with E-state index in [-0.39, 0.29) is 49.1 Å². The number of methoxy groups -OCH3 is 1. The molecule has 3 aliphatic heterocycles. The van der Waals surface area contributed by atoms with Crippen molar-refractivity contribution in [3.63, 3.8) is 0 Å². The number of nitrogens with zero attached hydrogens (tertiary/aromatic N) is 5. The fraction of sp³-hybridized carbons (Fsp3) is 0.630. The number of carbonyl (C=O) groups excluding carboxylic acids is 2.